The molecule has 1 amide bonds. The van der Waals surface area contributed by atoms with E-state index in [0.29, 0.717) is 60.1 Å². The van der Waals surface area contributed by atoms with Crippen molar-refractivity contribution >= 4 is 22.8 Å². The third-order valence-electron chi connectivity index (χ3n) is 7.83. The minimum atomic E-state index is -0.405. The molecule has 3 atom stereocenters. The second-order valence-electron chi connectivity index (χ2n) is 10.2. The summed E-state index contributed by atoms with van der Waals surface area (Å²) in [5.74, 6) is 0.959. The van der Waals surface area contributed by atoms with Gasteiger partial charge in [-0.2, -0.15) is 9.97 Å². The topological polar surface area (TPSA) is 92.3 Å². The molecule has 2 N–H and O–H groups in total. The second-order valence-corrected chi connectivity index (χ2v) is 10.2. The predicted molar refractivity (Wildman–Crippen MR) is 140 cm³/mol. The number of hydrogen-bond donors (Lipinski definition) is 2. The molecule has 9 heteroatoms. The Morgan fingerprint density at radius 2 is 2.19 bits per heavy atom. The lowest BCUT2D eigenvalue weighted by atomic mass is 9.97. The molecule has 2 aromatic heterocycles. The van der Waals surface area contributed by atoms with Crippen LogP contribution < -0.4 is 15.4 Å². The lowest BCUT2D eigenvalue weighted by Gasteiger charge is -2.19. The van der Waals surface area contributed by atoms with E-state index in [1.54, 1.807) is 0 Å². The molecule has 0 radical (unpaired) electrons. The first-order valence-corrected chi connectivity index (χ1v) is 13.0. The van der Waals surface area contributed by atoms with Crippen molar-refractivity contribution < 1.29 is 13.9 Å². The Morgan fingerprint density at radius 3 is 3.00 bits per heavy atom. The van der Waals surface area contributed by atoms with Crippen molar-refractivity contribution in [3.8, 4) is 17.3 Å². The molecule has 0 bridgehead atoms. The van der Waals surface area contributed by atoms with Crippen molar-refractivity contribution in [1.82, 2.24) is 25.2 Å². The fraction of sp³-hybridized carbons (Fsp3) is 0.429. The number of pyridine rings is 1. The van der Waals surface area contributed by atoms with E-state index in [1.165, 1.54) is 29.7 Å². The minimum Gasteiger partial charge on any atom is -0.462 e. The van der Waals surface area contributed by atoms with Crippen LogP contribution in [0.3, 0.4) is 0 Å². The maximum absolute atomic E-state index is 15.6. The number of halogens is 1. The van der Waals surface area contributed by atoms with Crippen molar-refractivity contribution in [2.75, 3.05) is 38.6 Å². The van der Waals surface area contributed by atoms with Crippen molar-refractivity contribution in [1.29, 1.82) is 0 Å². The van der Waals surface area contributed by atoms with Gasteiger partial charge in [-0.1, -0.05) is 24.8 Å². The molecule has 2 unspecified atom stereocenters. The maximum Gasteiger partial charge on any atom is 0.320 e. The fourth-order valence-electron chi connectivity index (χ4n) is 5.74. The highest BCUT2D eigenvalue weighted by atomic mass is 19.1. The van der Waals surface area contributed by atoms with Crippen LogP contribution in [0.2, 0.25) is 0 Å². The molecule has 0 spiro atoms. The summed E-state index contributed by atoms with van der Waals surface area (Å²) in [6.45, 7) is 5.71. The SMILES string of the molecule is C=CC(=O)NCCNc1nc(OC[C@@H]2CCCN2C)nc2nc(-c3cccc4c3C3CC3C4)c(F)cc12. The average Bonchev–Trinajstić information content (AvgIpc) is 3.37. The fourth-order valence-corrected chi connectivity index (χ4v) is 5.74. The van der Waals surface area contributed by atoms with Crippen LogP contribution in [0.15, 0.2) is 36.9 Å². The molecular weight excluding hydrogens is 471 g/mol. The van der Waals surface area contributed by atoms with Crippen molar-refractivity contribution in [3.63, 3.8) is 0 Å². The van der Waals surface area contributed by atoms with Crippen molar-refractivity contribution in [2.24, 2.45) is 5.92 Å². The largest absolute Gasteiger partial charge is 0.462 e. The lowest BCUT2D eigenvalue weighted by molar-refractivity contribution is -0.116. The Balaban J connectivity index is 1.34. The van der Waals surface area contributed by atoms with E-state index in [2.05, 4.69) is 45.2 Å². The number of likely N-dealkylation sites (N-methyl/N-ethyl adjacent to an activating group) is 1. The summed E-state index contributed by atoms with van der Waals surface area (Å²) in [5, 5.41) is 6.38. The summed E-state index contributed by atoms with van der Waals surface area (Å²) in [6.07, 6.45) is 5.66. The van der Waals surface area contributed by atoms with Crippen molar-refractivity contribution in [2.45, 2.75) is 37.6 Å². The first kappa shape index (κ1) is 23.8. The number of fused-ring (bicyclic) bond motifs is 4. The van der Waals surface area contributed by atoms with Crippen LogP contribution in [0.25, 0.3) is 22.3 Å². The minimum absolute atomic E-state index is 0.205. The Morgan fingerprint density at radius 1 is 1.30 bits per heavy atom. The van der Waals surface area contributed by atoms with Crippen LogP contribution in [0, 0.1) is 11.7 Å². The number of carbonyl (C=O) groups is 1. The average molecular weight is 503 g/mol. The van der Waals surface area contributed by atoms with Crippen LogP contribution in [-0.2, 0) is 11.2 Å². The van der Waals surface area contributed by atoms with Crippen LogP contribution in [-0.4, -0.2) is 65.1 Å². The number of aromatic nitrogens is 3. The third-order valence-corrected chi connectivity index (χ3v) is 7.83. The number of carbonyl (C=O) groups excluding carboxylic acids is 1. The summed E-state index contributed by atoms with van der Waals surface area (Å²) in [6, 6.07) is 8.06. The number of nitrogens with zero attached hydrogens (tertiary/aromatic N) is 4. The highest BCUT2D eigenvalue weighted by Crippen LogP contribution is 2.58. The smallest absolute Gasteiger partial charge is 0.320 e. The van der Waals surface area contributed by atoms with E-state index in [4.69, 9.17) is 9.72 Å². The molecule has 2 fully saturated rings. The summed E-state index contributed by atoms with van der Waals surface area (Å²) in [5.41, 5.74) is 4.10. The summed E-state index contributed by atoms with van der Waals surface area (Å²) in [7, 11) is 2.09. The van der Waals surface area contributed by atoms with E-state index >= 15 is 4.39 Å². The van der Waals surface area contributed by atoms with Gasteiger partial charge < -0.3 is 20.3 Å². The van der Waals surface area contributed by atoms with Gasteiger partial charge in [-0.05, 0) is 74.4 Å². The predicted octanol–water partition coefficient (Wildman–Crippen LogP) is 3.68. The highest BCUT2D eigenvalue weighted by Gasteiger charge is 2.46. The molecule has 2 aliphatic carbocycles. The van der Waals surface area contributed by atoms with E-state index in [1.807, 2.05) is 12.1 Å². The number of anilines is 1. The van der Waals surface area contributed by atoms with Gasteiger partial charge in [0.15, 0.2) is 5.65 Å². The summed E-state index contributed by atoms with van der Waals surface area (Å²) >= 11 is 0. The molecule has 3 aromatic rings. The van der Waals surface area contributed by atoms with E-state index in [-0.39, 0.29) is 11.9 Å². The second kappa shape index (κ2) is 9.70. The number of likely N-dealkylation sites (tertiary alicyclic amines) is 1. The lowest BCUT2D eigenvalue weighted by Crippen LogP contribution is -2.31. The van der Waals surface area contributed by atoms with E-state index in [9.17, 15) is 4.79 Å². The number of nitrogens with one attached hydrogen (secondary N) is 2. The van der Waals surface area contributed by atoms with Crippen LogP contribution >= 0.6 is 0 Å². The third kappa shape index (κ3) is 4.64. The molecule has 1 saturated carbocycles. The summed E-state index contributed by atoms with van der Waals surface area (Å²) < 4.78 is 21.6. The van der Waals surface area contributed by atoms with Crippen LogP contribution in [0.5, 0.6) is 6.01 Å². The molecule has 37 heavy (non-hydrogen) atoms. The van der Waals surface area contributed by atoms with Crippen LogP contribution in [0.4, 0.5) is 10.2 Å². The van der Waals surface area contributed by atoms with Crippen molar-refractivity contribution in [3.05, 3.63) is 53.9 Å². The number of benzene rings is 1. The Labute approximate surface area is 215 Å². The standard InChI is InChI=1S/C28H31FN6O2/c1-3-23(36)30-9-10-31-26-21-14-22(29)25(19-8-4-6-16-12-17-13-20(17)24(16)19)32-27(21)34-28(33-26)37-15-18-7-5-11-35(18)2/h3-4,6,8,14,17-18,20H,1,5,7,9-13,15H2,2H3,(H,30,36)(H,31,32,33,34)/t17?,18-,20?/m0/s1. The molecule has 1 aliphatic heterocycles. The van der Waals surface area contributed by atoms with Gasteiger partial charge in [0, 0.05) is 24.7 Å². The van der Waals surface area contributed by atoms with E-state index < -0.39 is 5.82 Å². The zero-order valence-corrected chi connectivity index (χ0v) is 21.0. The molecule has 1 aromatic carbocycles. The number of amides is 1. The van der Waals surface area contributed by atoms with Crippen LogP contribution in [0.1, 0.15) is 36.3 Å². The monoisotopic (exact) mass is 502 g/mol. The van der Waals surface area contributed by atoms with Gasteiger partial charge in [-0.15, -0.1) is 0 Å². The zero-order valence-electron chi connectivity index (χ0n) is 21.0. The van der Waals surface area contributed by atoms with E-state index in [0.717, 1.165) is 31.4 Å². The quantitative estimate of drug-likeness (QED) is 0.341. The van der Waals surface area contributed by atoms with Gasteiger partial charge in [0.05, 0.1) is 5.39 Å². The molecule has 1 saturated heterocycles. The Bertz CT molecular complexity index is 1380. The zero-order chi connectivity index (χ0) is 25.5. The van der Waals surface area contributed by atoms with Gasteiger partial charge >= 0.3 is 6.01 Å². The van der Waals surface area contributed by atoms with Gasteiger partial charge in [0.1, 0.15) is 23.9 Å². The Kier molecular flexibility index (Phi) is 6.24. The maximum atomic E-state index is 15.6. The molecule has 6 rings (SSSR count). The molecule has 3 heterocycles. The number of hydrogen-bond acceptors (Lipinski definition) is 7. The molecule has 8 nitrogen and oxygen atoms in total. The first-order chi connectivity index (χ1) is 18.0. The molecule has 192 valence electrons. The molecular formula is C28H31FN6O2. The van der Waals surface area contributed by atoms with Gasteiger partial charge in [-0.3, -0.25) is 4.79 Å². The summed E-state index contributed by atoms with van der Waals surface area (Å²) in [4.78, 5) is 27.6. The number of rotatable bonds is 9. The molecule has 3 aliphatic rings. The normalized spacial score (nSPS) is 21.9. The highest BCUT2D eigenvalue weighted by molar-refractivity contribution is 5.89. The van der Waals surface area contributed by atoms with Gasteiger partial charge in [-0.25, -0.2) is 9.37 Å². The Hall–Kier alpha value is -3.59. The first-order valence-electron chi connectivity index (χ1n) is 13.0. The van der Waals surface area contributed by atoms with Gasteiger partial charge in [0.2, 0.25) is 5.91 Å². The van der Waals surface area contributed by atoms with Gasteiger partial charge in [0.25, 0.3) is 0 Å². The number of ether oxygens (including phenoxy) is 1.